The molecule has 0 amide bonds. The maximum Gasteiger partial charge on any atom is 0.133 e. The Hall–Kier alpha value is -0.500. The summed E-state index contributed by atoms with van der Waals surface area (Å²) < 4.78 is 16.7. The molecule has 0 N–H and O–H groups in total. The molecule has 8 fully saturated rings. The summed E-state index contributed by atoms with van der Waals surface area (Å²) in [6.45, 7) is 0. The Kier molecular flexibility index (Phi) is 3.36. The minimum absolute atomic E-state index is 0.214. The SMILES string of the molecule is [2H]C(c1sccc1OC)(C12CC3CC(CC(C3)C1)C2)C12CC3CC(CC(C3)C1)C2. The van der Waals surface area contributed by atoms with Crippen LogP contribution in [-0.4, -0.2) is 7.11 Å². The molecule has 0 radical (unpaired) electrons. The summed E-state index contributed by atoms with van der Waals surface area (Å²) >= 11 is 1.87. The summed E-state index contributed by atoms with van der Waals surface area (Å²) in [5, 5.41) is 2.22. The monoisotopic (exact) mass is 397 g/mol. The molecule has 2 heteroatoms. The van der Waals surface area contributed by atoms with Crippen LogP contribution in [0.5, 0.6) is 5.75 Å². The molecule has 1 aromatic rings. The number of methoxy groups -OCH3 is 1. The van der Waals surface area contributed by atoms with Crippen LogP contribution in [0.2, 0.25) is 0 Å². The molecule has 1 heterocycles. The molecule has 8 aliphatic carbocycles. The molecule has 0 aliphatic heterocycles. The van der Waals surface area contributed by atoms with Crippen LogP contribution in [-0.2, 0) is 0 Å². The lowest BCUT2D eigenvalue weighted by molar-refractivity contribution is -0.143. The van der Waals surface area contributed by atoms with Crippen molar-refractivity contribution in [2.45, 2.75) is 82.9 Å². The third kappa shape index (κ3) is 2.30. The summed E-state index contributed by atoms with van der Waals surface area (Å²) in [6, 6.07) is 2.17. The van der Waals surface area contributed by atoms with Crippen LogP contribution in [0, 0.1) is 46.3 Å². The fourth-order valence-corrected chi connectivity index (χ4v) is 11.7. The van der Waals surface area contributed by atoms with Gasteiger partial charge in [0, 0.05) is 7.26 Å². The van der Waals surface area contributed by atoms with Crippen LogP contribution >= 0.6 is 11.3 Å². The van der Waals surface area contributed by atoms with Gasteiger partial charge in [-0.3, -0.25) is 0 Å². The quantitative estimate of drug-likeness (QED) is 0.519. The summed E-state index contributed by atoms with van der Waals surface area (Å²) in [5.74, 6) is 6.06. The van der Waals surface area contributed by atoms with Crippen LogP contribution in [0.3, 0.4) is 0 Å². The minimum Gasteiger partial charge on any atom is -0.496 e. The predicted octanol–water partition coefficient (Wildman–Crippen LogP) is 7.27. The van der Waals surface area contributed by atoms with E-state index in [4.69, 9.17) is 4.74 Å². The lowest BCUT2D eigenvalue weighted by atomic mass is 9.38. The lowest BCUT2D eigenvalue weighted by Gasteiger charge is -2.67. The van der Waals surface area contributed by atoms with Gasteiger partial charge in [-0.2, -0.15) is 0 Å². The fraction of sp³-hybridized carbons (Fsp3) is 0.846. The third-order valence-electron chi connectivity index (χ3n) is 10.2. The van der Waals surface area contributed by atoms with Crippen LogP contribution in [0.1, 0.15) is 89.2 Å². The molecule has 9 rings (SSSR count). The van der Waals surface area contributed by atoms with E-state index in [1.807, 2.05) is 18.4 Å². The average molecular weight is 398 g/mol. The molecule has 8 aliphatic rings. The van der Waals surface area contributed by atoms with Crippen molar-refractivity contribution in [2.75, 3.05) is 7.11 Å². The molecule has 0 atom stereocenters. The highest BCUT2D eigenvalue weighted by Crippen LogP contribution is 2.74. The minimum atomic E-state index is -0.425. The molecule has 28 heavy (non-hydrogen) atoms. The Morgan fingerprint density at radius 3 is 1.57 bits per heavy atom. The van der Waals surface area contributed by atoms with Crippen LogP contribution < -0.4 is 4.74 Å². The fourth-order valence-electron chi connectivity index (χ4n) is 10.5. The Morgan fingerprint density at radius 2 is 1.21 bits per heavy atom. The molecule has 1 aromatic heterocycles. The highest BCUT2D eigenvalue weighted by molar-refractivity contribution is 7.10. The van der Waals surface area contributed by atoms with Crippen molar-refractivity contribution in [3.05, 3.63) is 16.3 Å². The molecule has 8 saturated carbocycles. The number of rotatable bonds is 4. The van der Waals surface area contributed by atoms with Gasteiger partial charge in [-0.15, -0.1) is 11.3 Å². The van der Waals surface area contributed by atoms with Crippen molar-refractivity contribution in [1.29, 1.82) is 0 Å². The van der Waals surface area contributed by atoms with Crippen molar-refractivity contribution in [2.24, 2.45) is 46.3 Å². The van der Waals surface area contributed by atoms with Crippen molar-refractivity contribution in [3.63, 3.8) is 0 Å². The number of ether oxygens (including phenoxy) is 1. The second kappa shape index (κ2) is 5.80. The first-order valence-electron chi connectivity index (χ1n) is 12.6. The summed E-state index contributed by atoms with van der Waals surface area (Å²) in [5.41, 5.74) is 0.428. The van der Waals surface area contributed by atoms with E-state index in [0.717, 1.165) is 41.3 Å². The van der Waals surface area contributed by atoms with E-state index in [9.17, 15) is 1.37 Å². The number of hydrogen-bond donors (Lipinski definition) is 0. The summed E-state index contributed by atoms with van der Waals surface area (Å²) in [6.07, 6.45) is 16.9. The highest BCUT2D eigenvalue weighted by atomic mass is 32.1. The van der Waals surface area contributed by atoms with Crippen molar-refractivity contribution >= 4 is 11.3 Å². The predicted molar refractivity (Wildman–Crippen MR) is 115 cm³/mol. The van der Waals surface area contributed by atoms with Crippen molar-refractivity contribution in [3.8, 4) is 5.75 Å². The molecule has 0 aromatic carbocycles. The zero-order valence-corrected chi connectivity index (χ0v) is 18.2. The molecular weight excluding hydrogens is 360 g/mol. The van der Waals surface area contributed by atoms with Gasteiger partial charge in [0.05, 0.1) is 12.0 Å². The zero-order valence-electron chi connectivity index (χ0n) is 18.4. The second-order valence-electron chi connectivity index (χ2n) is 12.1. The smallest absolute Gasteiger partial charge is 0.133 e. The first-order chi connectivity index (χ1) is 14.0. The standard InChI is InChI=1S/C26H36OS/c1-27-22-2-3-28-23(22)24(25-10-16-4-17(11-25)6-18(5-16)12-25)26-13-19-7-20(14-26)9-21(8-19)15-26/h2-3,16-21,24H,4-15H2,1H3/i24D. The maximum absolute atomic E-state index is 10.7. The largest absolute Gasteiger partial charge is 0.496 e. The van der Waals surface area contributed by atoms with Gasteiger partial charge < -0.3 is 4.74 Å². The van der Waals surface area contributed by atoms with Gasteiger partial charge in [-0.1, -0.05) is 0 Å². The molecule has 1 nitrogen and oxygen atoms in total. The highest BCUT2D eigenvalue weighted by Gasteiger charge is 2.63. The summed E-state index contributed by atoms with van der Waals surface area (Å²) in [7, 11) is 1.84. The van der Waals surface area contributed by atoms with E-state index >= 15 is 0 Å². The van der Waals surface area contributed by atoms with Crippen molar-refractivity contribution in [1.82, 2.24) is 0 Å². The zero-order chi connectivity index (χ0) is 19.4. The van der Waals surface area contributed by atoms with E-state index in [0.29, 0.717) is 0 Å². The van der Waals surface area contributed by atoms with Gasteiger partial charge in [-0.05, 0) is 135 Å². The van der Waals surface area contributed by atoms with E-state index < -0.39 is 5.89 Å². The second-order valence-corrected chi connectivity index (χ2v) is 13.0. The third-order valence-corrected chi connectivity index (χ3v) is 11.1. The Morgan fingerprint density at radius 1 is 0.821 bits per heavy atom. The topological polar surface area (TPSA) is 9.23 Å². The van der Waals surface area contributed by atoms with Gasteiger partial charge >= 0.3 is 0 Å². The molecule has 0 saturated heterocycles. The Labute approximate surface area is 176 Å². The molecule has 152 valence electrons. The van der Waals surface area contributed by atoms with E-state index in [2.05, 4.69) is 11.4 Å². The summed E-state index contributed by atoms with van der Waals surface area (Å²) in [4.78, 5) is 1.32. The Balaban J connectivity index is 1.43. The van der Waals surface area contributed by atoms with Gasteiger partial charge in [0.2, 0.25) is 0 Å². The van der Waals surface area contributed by atoms with Gasteiger partial charge in [0.1, 0.15) is 5.75 Å². The first kappa shape index (κ1) is 16.2. The molecule has 0 unspecified atom stereocenters. The average Bonchev–Trinajstić information content (AvgIpc) is 3.14. The van der Waals surface area contributed by atoms with Crippen molar-refractivity contribution < 1.29 is 6.11 Å². The number of hydrogen-bond acceptors (Lipinski definition) is 2. The van der Waals surface area contributed by atoms with E-state index in [1.54, 1.807) is 0 Å². The Bertz CT molecular complexity index is 710. The molecular formula is C26H36OS. The maximum atomic E-state index is 10.7. The molecule has 8 bridgehead atoms. The van der Waals surface area contributed by atoms with E-state index in [-0.39, 0.29) is 10.8 Å². The van der Waals surface area contributed by atoms with Gasteiger partial charge in [0.15, 0.2) is 0 Å². The van der Waals surface area contributed by atoms with Gasteiger partial charge in [0.25, 0.3) is 0 Å². The normalized spacial score (nSPS) is 53.2. The van der Waals surface area contributed by atoms with Crippen LogP contribution in [0.15, 0.2) is 11.4 Å². The number of thiophene rings is 1. The van der Waals surface area contributed by atoms with Gasteiger partial charge in [-0.25, -0.2) is 0 Å². The van der Waals surface area contributed by atoms with Crippen LogP contribution in [0.4, 0.5) is 0 Å². The molecule has 0 spiro atoms. The van der Waals surface area contributed by atoms with E-state index in [1.165, 1.54) is 81.9 Å². The first-order valence-corrected chi connectivity index (χ1v) is 13.0. The lowest BCUT2D eigenvalue weighted by Crippen LogP contribution is -2.57. The van der Waals surface area contributed by atoms with Crippen LogP contribution in [0.25, 0.3) is 0 Å².